The van der Waals surface area contributed by atoms with Crippen molar-refractivity contribution in [3.05, 3.63) is 77.9 Å². The lowest BCUT2D eigenvalue weighted by atomic mass is 10.0. The van der Waals surface area contributed by atoms with Crippen molar-refractivity contribution in [3.8, 4) is 0 Å². The van der Waals surface area contributed by atoms with Gasteiger partial charge in [0, 0.05) is 11.8 Å². The zero-order valence-corrected chi connectivity index (χ0v) is 18.9. The molecule has 0 spiro atoms. The van der Waals surface area contributed by atoms with Crippen molar-refractivity contribution in [2.75, 3.05) is 10.6 Å². The van der Waals surface area contributed by atoms with Crippen molar-refractivity contribution in [2.45, 2.75) is 33.3 Å². The third-order valence-corrected chi connectivity index (χ3v) is 4.71. The van der Waals surface area contributed by atoms with Gasteiger partial charge in [0.2, 0.25) is 5.91 Å². The first-order chi connectivity index (χ1) is 15.5. The third kappa shape index (κ3) is 6.43. The van der Waals surface area contributed by atoms with Crippen LogP contribution in [0.4, 0.5) is 16.2 Å². The molecule has 170 valence electrons. The highest BCUT2D eigenvalue weighted by Crippen LogP contribution is 2.24. The Labute approximate surface area is 192 Å². The number of amides is 2. The lowest BCUT2D eigenvalue weighted by Crippen LogP contribution is -2.27. The van der Waals surface area contributed by atoms with Crippen LogP contribution < -0.4 is 10.6 Å². The fourth-order valence-electron chi connectivity index (χ4n) is 3.21. The van der Waals surface area contributed by atoms with Crippen LogP contribution in [0.5, 0.6) is 0 Å². The molecule has 3 N–H and O–H groups in total. The van der Waals surface area contributed by atoms with Crippen LogP contribution in [0, 0.1) is 0 Å². The molecule has 7 heteroatoms. The highest BCUT2D eigenvalue weighted by molar-refractivity contribution is 6.08. The van der Waals surface area contributed by atoms with E-state index in [4.69, 9.17) is 4.74 Å². The van der Waals surface area contributed by atoms with Gasteiger partial charge in [-0.05, 0) is 73.9 Å². The molecule has 3 aromatic carbocycles. The molecule has 33 heavy (non-hydrogen) atoms. The molecule has 0 aliphatic heterocycles. The molecule has 0 aliphatic rings. The Morgan fingerprint density at radius 2 is 1.61 bits per heavy atom. The lowest BCUT2D eigenvalue weighted by Gasteiger charge is -2.20. The van der Waals surface area contributed by atoms with Gasteiger partial charge in [0.25, 0.3) is 0 Å². The topological polar surface area (TPSA) is 105 Å². The van der Waals surface area contributed by atoms with Gasteiger partial charge in [-0.1, -0.05) is 36.4 Å². The lowest BCUT2D eigenvalue weighted by molar-refractivity contribution is -0.111. The summed E-state index contributed by atoms with van der Waals surface area (Å²) in [4.78, 5) is 36.3. The monoisotopic (exact) mass is 446 g/mol. The SMILES string of the molecule is C/C(=C/C(=O)Nc1ccc(NC(=O)OC(C)(C)C)cc1C(=O)O)c1ccc2ccccc2c1. The van der Waals surface area contributed by atoms with Crippen LogP contribution >= 0.6 is 0 Å². The number of rotatable bonds is 5. The summed E-state index contributed by atoms with van der Waals surface area (Å²) in [5.74, 6) is -1.70. The quantitative estimate of drug-likeness (QED) is 0.422. The number of carbonyl (C=O) groups is 3. The summed E-state index contributed by atoms with van der Waals surface area (Å²) >= 11 is 0. The van der Waals surface area contributed by atoms with E-state index < -0.39 is 23.6 Å². The highest BCUT2D eigenvalue weighted by atomic mass is 16.6. The van der Waals surface area contributed by atoms with Gasteiger partial charge in [0.1, 0.15) is 5.60 Å². The normalized spacial score (nSPS) is 11.7. The number of ether oxygens (including phenoxy) is 1. The van der Waals surface area contributed by atoms with Gasteiger partial charge < -0.3 is 15.2 Å². The van der Waals surface area contributed by atoms with Crippen molar-refractivity contribution in [3.63, 3.8) is 0 Å². The molecule has 0 heterocycles. The average molecular weight is 447 g/mol. The number of benzene rings is 3. The molecule has 0 saturated carbocycles. The van der Waals surface area contributed by atoms with Gasteiger partial charge in [-0.15, -0.1) is 0 Å². The molecule has 0 unspecified atom stereocenters. The molecule has 0 aliphatic carbocycles. The first-order valence-corrected chi connectivity index (χ1v) is 10.4. The maximum Gasteiger partial charge on any atom is 0.412 e. The Morgan fingerprint density at radius 3 is 2.27 bits per heavy atom. The van der Waals surface area contributed by atoms with E-state index in [-0.39, 0.29) is 16.9 Å². The molecular weight excluding hydrogens is 420 g/mol. The number of hydrogen-bond donors (Lipinski definition) is 3. The van der Waals surface area contributed by atoms with Gasteiger partial charge in [0.15, 0.2) is 0 Å². The van der Waals surface area contributed by atoms with Crippen LogP contribution in [-0.2, 0) is 9.53 Å². The minimum absolute atomic E-state index is 0.116. The molecule has 0 bridgehead atoms. The highest BCUT2D eigenvalue weighted by Gasteiger charge is 2.18. The maximum absolute atomic E-state index is 12.6. The molecular formula is C26H26N2O5. The summed E-state index contributed by atoms with van der Waals surface area (Å²) in [6, 6.07) is 18.0. The zero-order valence-electron chi connectivity index (χ0n) is 18.9. The molecule has 7 nitrogen and oxygen atoms in total. The minimum atomic E-state index is -1.24. The van der Waals surface area contributed by atoms with Gasteiger partial charge in [0.05, 0.1) is 11.3 Å². The van der Waals surface area contributed by atoms with E-state index in [1.54, 1.807) is 20.8 Å². The maximum atomic E-state index is 12.6. The smallest absolute Gasteiger partial charge is 0.412 e. The summed E-state index contributed by atoms with van der Waals surface area (Å²) < 4.78 is 5.17. The molecule has 2 amide bonds. The number of allylic oxidation sites excluding steroid dienone is 1. The molecule has 0 atom stereocenters. The van der Waals surface area contributed by atoms with Crippen LogP contribution in [0.3, 0.4) is 0 Å². The molecule has 0 fully saturated rings. The summed E-state index contributed by atoms with van der Waals surface area (Å²) in [6.07, 6.45) is 0.715. The minimum Gasteiger partial charge on any atom is -0.478 e. The second-order valence-corrected chi connectivity index (χ2v) is 8.57. The van der Waals surface area contributed by atoms with Crippen molar-refractivity contribution < 1.29 is 24.2 Å². The van der Waals surface area contributed by atoms with E-state index in [1.807, 2.05) is 49.4 Å². The summed E-state index contributed by atoms with van der Waals surface area (Å²) in [7, 11) is 0. The summed E-state index contributed by atoms with van der Waals surface area (Å²) in [5, 5.41) is 16.8. The Morgan fingerprint density at radius 1 is 0.909 bits per heavy atom. The first kappa shape index (κ1) is 23.5. The zero-order chi connectivity index (χ0) is 24.2. The number of anilines is 2. The van der Waals surface area contributed by atoms with E-state index >= 15 is 0 Å². The molecule has 0 saturated heterocycles. The van der Waals surface area contributed by atoms with E-state index in [0.29, 0.717) is 0 Å². The number of hydrogen-bond acceptors (Lipinski definition) is 4. The predicted octanol–water partition coefficient (Wildman–Crippen LogP) is 5.93. The third-order valence-electron chi connectivity index (χ3n) is 4.71. The number of aromatic carboxylic acids is 1. The summed E-state index contributed by atoms with van der Waals surface area (Å²) in [5.41, 5.74) is 1.13. The fourth-order valence-corrected chi connectivity index (χ4v) is 3.21. The Bertz CT molecular complexity index is 1260. The van der Waals surface area contributed by atoms with Crippen LogP contribution in [0.15, 0.2) is 66.7 Å². The van der Waals surface area contributed by atoms with Gasteiger partial charge in [-0.25, -0.2) is 9.59 Å². The Balaban J connectivity index is 1.77. The number of nitrogens with one attached hydrogen (secondary N) is 2. The van der Waals surface area contributed by atoms with Crippen molar-refractivity contribution >= 4 is 45.7 Å². The van der Waals surface area contributed by atoms with Crippen molar-refractivity contribution in [1.82, 2.24) is 0 Å². The number of carboxylic acid groups (broad SMARTS) is 1. The van der Waals surface area contributed by atoms with Gasteiger partial charge in [-0.3, -0.25) is 10.1 Å². The summed E-state index contributed by atoms with van der Waals surface area (Å²) in [6.45, 7) is 6.99. The number of fused-ring (bicyclic) bond motifs is 1. The Hall–Kier alpha value is -4.13. The first-order valence-electron chi connectivity index (χ1n) is 10.4. The van der Waals surface area contributed by atoms with E-state index in [2.05, 4.69) is 10.6 Å². The number of carbonyl (C=O) groups excluding carboxylic acids is 2. The van der Waals surface area contributed by atoms with Gasteiger partial charge in [-0.2, -0.15) is 0 Å². The van der Waals surface area contributed by atoms with Crippen LogP contribution in [0.2, 0.25) is 0 Å². The number of carboxylic acids is 1. The second-order valence-electron chi connectivity index (χ2n) is 8.57. The standard InChI is InChI=1S/C26H26N2O5/c1-16(18-10-9-17-7-5-6-8-19(17)14-18)13-23(29)28-22-12-11-20(15-21(22)24(30)31)27-25(32)33-26(2,3)4/h5-15H,1-4H3,(H,27,32)(H,28,29)(H,30,31)/b16-13-. The van der Waals surface area contributed by atoms with Crippen LogP contribution in [0.25, 0.3) is 16.3 Å². The average Bonchev–Trinajstić information content (AvgIpc) is 2.72. The predicted molar refractivity (Wildman–Crippen MR) is 129 cm³/mol. The van der Waals surface area contributed by atoms with Crippen molar-refractivity contribution in [2.24, 2.45) is 0 Å². The molecule has 0 radical (unpaired) electrons. The van der Waals surface area contributed by atoms with E-state index in [9.17, 15) is 19.5 Å². The fraction of sp³-hybridized carbons (Fsp3) is 0.192. The van der Waals surface area contributed by atoms with Gasteiger partial charge >= 0.3 is 12.1 Å². The van der Waals surface area contributed by atoms with Crippen molar-refractivity contribution in [1.29, 1.82) is 0 Å². The van der Waals surface area contributed by atoms with E-state index in [1.165, 1.54) is 24.3 Å². The largest absolute Gasteiger partial charge is 0.478 e. The van der Waals surface area contributed by atoms with Crippen LogP contribution in [0.1, 0.15) is 43.6 Å². The van der Waals surface area contributed by atoms with E-state index in [0.717, 1.165) is 21.9 Å². The van der Waals surface area contributed by atoms with Crippen LogP contribution in [-0.4, -0.2) is 28.7 Å². The molecule has 3 aromatic rings. The Kier molecular flexibility index (Phi) is 6.82. The molecule has 0 aromatic heterocycles. The molecule has 3 rings (SSSR count). The second kappa shape index (κ2) is 9.56.